The number of pyridine rings is 1. The zero-order valence-electron chi connectivity index (χ0n) is 17.1. The van der Waals surface area contributed by atoms with Crippen LogP contribution in [0, 0.1) is 18.3 Å². The summed E-state index contributed by atoms with van der Waals surface area (Å²) in [6.45, 7) is 1.97. The number of nitriles is 1. The summed E-state index contributed by atoms with van der Waals surface area (Å²) in [4.78, 5) is 30.2. The van der Waals surface area contributed by atoms with Crippen molar-refractivity contribution >= 4 is 17.6 Å². The lowest BCUT2D eigenvalue weighted by Gasteiger charge is -2.11. The number of carbonyl (C=O) groups is 1. The SMILES string of the molecule is Cc1ccccc1Oc1nc2ccccn2c(=O)c1/C=C(\C#N)C(=O)NCc1ccco1. The third-order valence-electron chi connectivity index (χ3n) is 4.69. The molecule has 0 saturated carbocycles. The highest BCUT2D eigenvalue weighted by molar-refractivity contribution is 6.01. The van der Waals surface area contributed by atoms with Gasteiger partial charge in [-0.05, 0) is 48.9 Å². The highest BCUT2D eigenvalue weighted by atomic mass is 16.5. The predicted molar refractivity (Wildman–Crippen MR) is 117 cm³/mol. The van der Waals surface area contributed by atoms with Crippen LogP contribution in [-0.4, -0.2) is 15.3 Å². The molecule has 3 aromatic heterocycles. The number of para-hydroxylation sites is 1. The van der Waals surface area contributed by atoms with Gasteiger partial charge < -0.3 is 14.5 Å². The summed E-state index contributed by atoms with van der Waals surface area (Å²) in [6.07, 6.45) is 4.24. The smallest absolute Gasteiger partial charge is 0.269 e. The van der Waals surface area contributed by atoms with E-state index in [1.807, 2.05) is 25.1 Å². The summed E-state index contributed by atoms with van der Waals surface area (Å²) < 4.78 is 12.5. The summed E-state index contributed by atoms with van der Waals surface area (Å²) in [7, 11) is 0. The topological polar surface area (TPSA) is 110 Å². The largest absolute Gasteiger partial charge is 0.467 e. The average Bonchev–Trinajstić information content (AvgIpc) is 3.33. The second-order valence-corrected chi connectivity index (χ2v) is 6.86. The third-order valence-corrected chi connectivity index (χ3v) is 4.69. The van der Waals surface area contributed by atoms with E-state index >= 15 is 0 Å². The van der Waals surface area contributed by atoms with Crippen LogP contribution in [-0.2, 0) is 11.3 Å². The molecule has 4 aromatic rings. The lowest BCUT2D eigenvalue weighted by Crippen LogP contribution is -2.24. The molecule has 3 heterocycles. The molecule has 158 valence electrons. The van der Waals surface area contributed by atoms with Crippen LogP contribution >= 0.6 is 0 Å². The highest BCUT2D eigenvalue weighted by Gasteiger charge is 2.18. The number of rotatable bonds is 6. The van der Waals surface area contributed by atoms with Crippen LogP contribution in [0.15, 0.2) is 81.8 Å². The summed E-state index contributed by atoms with van der Waals surface area (Å²) in [6, 6.07) is 17.6. The number of aryl methyl sites for hydroxylation is 1. The van der Waals surface area contributed by atoms with Gasteiger partial charge in [0.1, 0.15) is 34.4 Å². The Balaban J connectivity index is 1.77. The van der Waals surface area contributed by atoms with Crippen molar-refractivity contribution in [2.24, 2.45) is 0 Å². The number of fused-ring (bicyclic) bond motifs is 1. The Morgan fingerprint density at radius 1 is 1.22 bits per heavy atom. The van der Waals surface area contributed by atoms with E-state index in [4.69, 9.17) is 9.15 Å². The molecule has 0 fully saturated rings. The molecule has 8 nitrogen and oxygen atoms in total. The lowest BCUT2D eigenvalue weighted by atomic mass is 10.1. The molecular formula is C24H18N4O4. The number of amides is 1. The Labute approximate surface area is 183 Å². The maximum Gasteiger partial charge on any atom is 0.269 e. The van der Waals surface area contributed by atoms with E-state index in [2.05, 4.69) is 10.3 Å². The Kier molecular flexibility index (Phi) is 5.81. The van der Waals surface area contributed by atoms with Crippen molar-refractivity contribution in [1.82, 2.24) is 14.7 Å². The van der Waals surface area contributed by atoms with Gasteiger partial charge in [0.15, 0.2) is 0 Å². The summed E-state index contributed by atoms with van der Waals surface area (Å²) >= 11 is 0. The van der Waals surface area contributed by atoms with Gasteiger partial charge in [0.25, 0.3) is 11.5 Å². The zero-order valence-corrected chi connectivity index (χ0v) is 17.1. The molecular weight excluding hydrogens is 408 g/mol. The lowest BCUT2D eigenvalue weighted by molar-refractivity contribution is -0.117. The molecule has 0 spiro atoms. The van der Waals surface area contributed by atoms with Crippen LogP contribution in [0.5, 0.6) is 11.6 Å². The van der Waals surface area contributed by atoms with E-state index in [-0.39, 0.29) is 23.6 Å². The molecule has 0 aliphatic rings. The minimum absolute atomic E-state index is 0.00193. The van der Waals surface area contributed by atoms with Gasteiger partial charge in [0.05, 0.1) is 12.8 Å². The number of hydrogen-bond donors (Lipinski definition) is 1. The van der Waals surface area contributed by atoms with Gasteiger partial charge in [-0.3, -0.25) is 14.0 Å². The number of nitrogens with zero attached hydrogens (tertiary/aromatic N) is 3. The number of benzene rings is 1. The Morgan fingerprint density at radius 2 is 2.03 bits per heavy atom. The van der Waals surface area contributed by atoms with E-state index in [0.717, 1.165) is 5.56 Å². The standard InChI is InChI=1S/C24H18N4O4/c1-16-7-2-3-9-20(16)32-23-19(24(30)28-11-5-4-10-21(28)27-23)13-17(14-25)22(29)26-15-18-8-6-12-31-18/h2-13H,15H2,1H3,(H,26,29)/b17-13+. The van der Waals surface area contributed by atoms with Crippen LogP contribution in [0.1, 0.15) is 16.9 Å². The van der Waals surface area contributed by atoms with Crippen molar-refractivity contribution in [2.75, 3.05) is 0 Å². The first-order chi connectivity index (χ1) is 15.6. The fourth-order valence-electron chi connectivity index (χ4n) is 3.03. The van der Waals surface area contributed by atoms with Gasteiger partial charge in [-0.25, -0.2) is 0 Å². The van der Waals surface area contributed by atoms with Crippen LogP contribution in [0.3, 0.4) is 0 Å². The van der Waals surface area contributed by atoms with Crippen molar-refractivity contribution in [1.29, 1.82) is 5.26 Å². The first-order valence-corrected chi connectivity index (χ1v) is 9.74. The van der Waals surface area contributed by atoms with Gasteiger partial charge >= 0.3 is 0 Å². The van der Waals surface area contributed by atoms with Gasteiger partial charge in [0.2, 0.25) is 5.88 Å². The van der Waals surface area contributed by atoms with E-state index in [9.17, 15) is 14.9 Å². The first-order valence-electron chi connectivity index (χ1n) is 9.74. The molecule has 0 bridgehead atoms. The van der Waals surface area contributed by atoms with Gasteiger partial charge in [-0.2, -0.15) is 10.2 Å². The molecule has 0 unspecified atom stereocenters. The average molecular weight is 426 g/mol. The van der Waals surface area contributed by atoms with Crippen LogP contribution in [0.25, 0.3) is 11.7 Å². The van der Waals surface area contributed by atoms with Crippen LogP contribution in [0.4, 0.5) is 0 Å². The number of furan rings is 1. The molecule has 0 aliphatic carbocycles. The molecule has 0 radical (unpaired) electrons. The Bertz CT molecular complexity index is 1410. The molecule has 32 heavy (non-hydrogen) atoms. The molecule has 1 aromatic carbocycles. The van der Waals surface area contributed by atoms with E-state index in [0.29, 0.717) is 17.2 Å². The normalized spacial score (nSPS) is 11.2. The van der Waals surface area contributed by atoms with E-state index in [1.54, 1.807) is 48.7 Å². The minimum atomic E-state index is -0.650. The quantitative estimate of drug-likeness (QED) is 0.373. The summed E-state index contributed by atoms with van der Waals surface area (Å²) in [5, 5.41) is 12.2. The Hall–Kier alpha value is -4.64. The van der Waals surface area contributed by atoms with Crippen LogP contribution in [0.2, 0.25) is 0 Å². The highest BCUT2D eigenvalue weighted by Crippen LogP contribution is 2.26. The van der Waals surface area contributed by atoms with Gasteiger partial charge in [0, 0.05) is 6.20 Å². The van der Waals surface area contributed by atoms with E-state index in [1.165, 1.54) is 16.7 Å². The maximum atomic E-state index is 13.2. The number of carbonyl (C=O) groups excluding carboxylic acids is 1. The maximum absolute atomic E-state index is 13.2. The second-order valence-electron chi connectivity index (χ2n) is 6.86. The fraction of sp³-hybridized carbons (Fsp3) is 0.0833. The van der Waals surface area contributed by atoms with Gasteiger partial charge in [-0.1, -0.05) is 24.3 Å². The van der Waals surface area contributed by atoms with Crippen molar-refractivity contribution in [3.05, 3.63) is 99.9 Å². The monoisotopic (exact) mass is 426 g/mol. The summed E-state index contributed by atoms with van der Waals surface area (Å²) in [5.41, 5.74) is 0.474. The predicted octanol–water partition coefficient (Wildman–Crippen LogP) is 3.61. The molecule has 1 amide bonds. The molecule has 4 rings (SSSR count). The fourth-order valence-corrected chi connectivity index (χ4v) is 3.03. The van der Waals surface area contributed by atoms with E-state index < -0.39 is 11.5 Å². The van der Waals surface area contributed by atoms with Crippen molar-refractivity contribution in [3.8, 4) is 17.7 Å². The number of ether oxygens (including phenoxy) is 1. The number of nitrogens with one attached hydrogen (secondary N) is 1. The van der Waals surface area contributed by atoms with Crippen molar-refractivity contribution in [2.45, 2.75) is 13.5 Å². The molecule has 0 saturated heterocycles. The summed E-state index contributed by atoms with van der Waals surface area (Å²) in [5.74, 6) is 0.396. The molecule has 0 aliphatic heterocycles. The zero-order chi connectivity index (χ0) is 22.5. The number of hydrogen-bond acceptors (Lipinski definition) is 6. The number of aromatic nitrogens is 2. The Morgan fingerprint density at radius 3 is 2.78 bits per heavy atom. The van der Waals surface area contributed by atoms with Crippen molar-refractivity contribution in [3.63, 3.8) is 0 Å². The van der Waals surface area contributed by atoms with Crippen molar-refractivity contribution < 1.29 is 13.9 Å². The van der Waals surface area contributed by atoms with Gasteiger partial charge in [-0.15, -0.1) is 0 Å². The third kappa shape index (κ3) is 4.27. The second kappa shape index (κ2) is 9.02. The van der Waals surface area contributed by atoms with Crippen LogP contribution < -0.4 is 15.6 Å². The minimum Gasteiger partial charge on any atom is -0.467 e. The first kappa shape index (κ1) is 20.6. The molecule has 0 atom stereocenters. The molecule has 8 heteroatoms. The molecule has 1 N–H and O–H groups in total.